The van der Waals surface area contributed by atoms with Gasteiger partial charge in [0.1, 0.15) is 11.8 Å². The Bertz CT molecular complexity index is 1400. The van der Waals surface area contributed by atoms with Gasteiger partial charge in [-0.3, -0.25) is 9.71 Å². The summed E-state index contributed by atoms with van der Waals surface area (Å²) in [5.41, 5.74) is 3.77. The van der Waals surface area contributed by atoms with Crippen LogP contribution in [-0.4, -0.2) is 68.9 Å². The van der Waals surface area contributed by atoms with Gasteiger partial charge in [0, 0.05) is 48.5 Å². The fourth-order valence-electron chi connectivity index (χ4n) is 4.59. The van der Waals surface area contributed by atoms with Gasteiger partial charge < -0.3 is 14.5 Å². The molecule has 1 aliphatic rings. The van der Waals surface area contributed by atoms with Crippen LogP contribution in [0.4, 0.5) is 11.4 Å². The van der Waals surface area contributed by atoms with Gasteiger partial charge >= 0.3 is 0 Å². The van der Waals surface area contributed by atoms with E-state index in [1.807, 2.05) is 18.2 Å². The third-order valence-corrected chi connectivity index (χ3v) is 6.59. The lowest BCUT2D eigenvalue weighted by Gasteiger charge is -2.48. The van der Waals surface area contributed by atoms with Crippen molar-refractivity contribution in [2.75, 3.05) is 49.7 Å². The van der Waals surface area contributed by atoms with Crippen molar-refractivity contribution in [3.05, 3.63) is 42.2 Å². The van der Waals surface area contributed by atoms with Crippen LogP contribution in [-0.2, 0) is 10.0 Å². The van der Waals surface area contributed by atoms with Crippen molar-refractivity contribution < 1.29 is 13.2 Å². The quantitative estimate of drug-likeness (QED) is 0.593. The molecule has 0 aliphatic carbocycles. The first kappa shape index (κ1) is 23.7. The molecular formula is C24H28N6O3S. The van der Waals surface area contributed by atoms with Crippen molar-refractivity contribution in [2.24, 2.45) is 0 Å². The Morgan fingerprint density at radius 1 is 1.15 bits per heavy atom. The summed E-state index contributed by atoms with van der Waals surface area (Å²) < 4.78 is 31.3. The molecule has 0 bridgehead atoms. The monoisotopic (exact) mass is 480 g/mol. The maximum Gasteiger partial charge on any atom is 0.238 e. The van der Waals surface area contributed by atoms with E-state index in [0.717, 1.165) is 48.0 Å². The van der Waals surface area contributed by atoms with Gasteiger partial charge in [0.15, 0.2) is 0 Å². The average molecular weight is 481 g/mol. The van der Waals surface area contributed by atoms with Crippen molar-refractivity contribution in [1.82, 2.24) is 14.9 Å². The van der Waals surface area contributed by atoms with Crippen LogP contribution in [0.15, 0.2) is 36.7 Å². The molecule has 0 saturated carbocycles. The molecule has 1 fully saturated rings. The van der Waals surface area contributed by atoms with Gasteiger partial charge in [0.05, 0.1) is 30.1 Å². The standard InChI is InChI=1S/C24H28N6O3S/c1-24(2)15-29(3)8-9-30(24)22-18(12-25)14-26-20-7-6-16(10-19(20)22)17-11-21(28-34(5,31)32)23(33-4)27-13-17/h6-7,10-11,13-14,28H,8-9,15H2,1-5H3. The molecule has 0 unspecified atom stereocenters. The fraction of sp³-hybridized carbons (Fsp3) is 0.375. The molecule has 34 heavy (non-hydrogen) atoms. The number of nitriles is 1. The highest BCUT2D eigenvalue weighted by atomic mass is 32.2. The number of fused-ring (bicyclic) bond motifs is 1. The summed E-state index contributed by atoms with van der Waals surface area (Å²) in [5.74, 6) is 0.184. The van der Waals surface area contributed by atoms with E-state index in [-0.39, 0.29) is 17.1 Å². The highest BCUT2D eigenvalue weighted by molar-refractivity contribution is 7.92. The maximum atomic E-state index is 11.8. The molecule has 0 radical (unpaired) electrons. The maximum absolute atomic E-state index is 11.8. The number of aromatic nitrogens is 2. The molecule has 1 aromatic carbocycles. The molecule has 1 saturated heterocycles. The zero-order valence-corrected chi connectivity index (χ0v) is 20.8. The van der Waals surface area contributed by atoms with E-state index in [9.17, 15) is 13.7 Å². The highest BCUT2D eigenvalue weighted by Crippen LogP contribution is 2.38. The average Bonchev–Trinajstić information content (AvgIpc) is 2.76. The first-order valence-corrected chi connectivity index (χ1v) is 12.7. The molecule has 10 heteroatoms. The highest BCUT2D eigenvalue weighted by Gasteiger charge is 2.34. The summed E-state index contributed by atoms with van der Waals surface area (Å²) in [7, 11) is 0.0204. The molecule has 3 aromatic rings. The molecule has 2 aromatic heterocycles. The van der Waals surface area contributed by atoms with Crippen molar-refractivity contribution in [3.8, 4) is 23.1 Å². The normalized spacial score (nSPS) is 16.3. The summed E-state index contributed by atoms with van der Waals surface area (Å²) in [6.07, 6.45) is 4.34. The van der Waals surface area contributed by atoms with Crippen molar-refractivity contribution in [2.45, 2.75) is 19.4 Å². The number of methoxy groups -OCH3 is 1. The Hall–Kier alpha value is -3.42. The minimum absolute atomic E-state index is 0.183. The molecule has 0 atom stereocenters. The molecule has 3 heterocycles. The van der Waals surface area contributed by atoms with E-state index in [1.165, 1.54) is 7.11 Å². The Morgan fingerprint density at radius 3 is 2.56 bits per heavy atom. The minimum Gasteiger partial charge on any atom is -0.480 e. The third kappa shape index (κ3) is 4.62. The van der Waals surface area contributed by atoms with E-state index in [2.05, 4.69) is 51.5 Å². The van der Waals surface area contributed by atoms with E-state index in [4.69, 9.17) is 4.74 Å². The lowest BCUT2D eigenvalue weighted by molar-refractivity contribution is 0.218. The largest absolute Gasteiger partial charge is 0.480 e. The number of benzene rings is 1. The number of piperazine rings is 1. The molecule has 1 N–H and O–H groups in total. The van der Waals surface area contributed by atoms with Gasteiger partial charge in [0.2, 0.25) is 15.9 Å². The Labute approximate surface area is 200 Å². The number of ether oxygens (including phenoxy) is 1. The van der Waals surface area contributed by atoms with Crippen LogP contribution in [0.2, 0.25) is 0 Å². The number of likely N-dealkylation sites (N-methyl/N-ethyl adjacent to an activating group) is 1. The second kappa shape index (κ2) is 8.74. The zero-order chi connectivity index (χ0) is 24.7. The molecule has 9 nitrogen and oxygen atoms in total. The van der Waals surface area contributed by atoms with Crippen molar-refractivity contribution >= 4 is 32.3 Å². The van der Waals surface area contributed by atoms with Crippen LogP contribution in [0, 0.1) is 11.3 Å². The topological polar surface area (TPSA) is 111 Å². The lowest BCUT2D eigenvalue weighted by Crippen LogP contribution is -2.58. The second-order valence-electron chi connectivity index (χ2n) is 9.22. The predicted octanol–water partition coefficient (Wildman–Crippen LogP) is 3.08. The number of anilines is 2. The van der Waals surface area contributed by atoms with Crippen LogP contribution in [0.25, 0.3) is 22.0 Å². The molecular weight excluding hydrogens is 452 g/mol. The van der Waals surface area contributed by atoms with Crippen LogP contribution >= 0.6 is 0 Å². The summed E-state index contributed by atoms with van der Waals surface area (Å²) in [5, 5.41) is 10.8. The van der Waals surface area contributed by atoms with Gasteiger partial charge in [-0.1, -0.05) is 6.07 Å². The van der Waals surface area contributed by atoms with Gasteiger partial charge in [-0.05, 0) is 44.7 Å². The SMILES string of the molecule is COc1ncc(-c2ccc3ncc(C#N)c(N4CCN(C)CC4(C)C)c3c2)cc1NS(C)(=O)=O. The summed E-state index contributed by atoms with van der Waals surface area (Å²) >= 11 is 0. The van der Waals surface area contributed by atoms with Crippen LogP contribution < -0.4 is 14.4 Å². The predicted molar refractivity (Wildman–Crippen MR) is 134 cm³/mol. The summed E-state index contributed by atoms with van der Waals surface area (Å²) in [6, 6.07) is 9.82. The van der Waals surface area contributed by atoms with E-state index in [1.54, 1.807) is 18.5 Å². The van der Waals surface area contributed by atoms with Crippen LogP contribution in [0.1, 0.15) is 19.4 Å². The Kier molecular flexibility index (Phi) is 6.10. The molecule has 4 rings (SSSR count). The molecule has 0 amide bonds. The van der Waals surface area contributed by atoms with Gasteiger partial charge in [0.25, 0.3) is 0 Å². The van der Waals surface area contributed by atoms with Gasteiger partial charge in [-0.15, -0.1) is 0 Å². The lowest BCUT2D eigenvalue weighted by atomic mass is 9.95. The molecule has 1 aliphatic heterocycles. The number of nitrogens with one attached hydrogen (secondary N) is 1. The zero-order valence-electron chi connectivity index (χ0n) is 20.0. The van der Waals surface area contributed by atoms with Crippen molar-refractivity contribution in [1.29, 1.82) is 5.26 Å². The number of sulfonamides is 1. The third-order valence-electron chi connectivity index (χ3n) is 6.00. The number of hydrogen-bond donors (Lipinski definition) is 1. The minimum atomic E-state index is -3.52. The Balaban J connectivity index is 1.89. The number of pyridine rings is 2. The fourth-order valence-corrected chi connectivity index (χ4v) is 5.13. The number of nitrogens with zero attached hydrogens (tertiary/aromatic N) is 5. The first-order valence-electron chi connectivity index (χ1n) is 10.8. The smallest absolute Gasteiger partial charge is 0.238 e. The van der Waals surface area contributed by atoms with E-state index >= 15 is 0 Å². The summed E-state index contributed by atoms with van der Waals surface area (Å²) in [4.78, 5) is 13.4. The van der Waals surface area contributed by atoms with Crippen molar-refractivity contribution in [3.63, 3.8) is 0 Å². The van der Waals surface area contributed by atoms with Crippen LogP contribution in [0.5, 0.6) is 5.88 Å². The molecule has 0 spiro atoms. The number of hydrogen-bond acceptors (Lipinski definition) is 8. The van der Waals surface area contributed by atoms with Gasteiger partial charge in [-0.2, -0.15) is 5.26 Å². The summed E-state index contributed by atoms with van der Waals surface area (Å²) in [6.45, 7) is 6.89. The van der Waals surface area contributed by atoms with E-state index < -0.39 is 10.0 Å². The van der Waals surface area contributed by atoms with Crippen LogP contribution in [0.3, 0.4) is 0 Å². The van der Waals surface area contributed by atoms with E-state index in [0.29, 0.717) is 11.1 Å². The number of rotatable bonds is 5. The molecule has 178 valence electrons. The Morgan fingerprint density at radius 2 is 1.91 bits per heavy atom. The van der Waals surface area contributed by atoms with Gasteiger partial charge in [-0.25, -0.2) is 13.4 Å². The first-order chi connectivity index (χ1) is 16.0. The second-order valence-corrected chi connectivity index (χ2v) is 11.0.